The summed E-state index contributed by atoms with van der Waals surface area (Å²) in [5, 5.41) is 0.615. The lowest BCUT2D eigenvalue weighted by molar-refractivity contribution is -0.131. The van der Waals surface area contributed by atoms with E-state index in [0.717, 1.165) is 17.3 Å². The summed E-state index contributed by atoms with van der Waals surface area (Å²) in [5.41, 5.74) is 2.33. The third-order valence-electron chi connectivity index (χ3n) is 4.15. The van der Waals surface area contributed by atoms with Gasteiger partial charge in [-0.25, -0.2) is 13.4 Å². The predicted octanol–water partition coefficient (Wildman–Crippen LogP) is 2.89. The Hall–Kier alpha value is -2.38. The molecule has 0 aliphatic heterocycles. The van der Waals surface area contributed by atoms with Crippen LogP contribution in [0.25, 0.3) is 11.0 Å². The van der Waals surface area contributed by atoms with Crippen LogP contribution < -0.4 is 0 Å². The van der Waals surface area contributed by atoms with Crippen molar-refractivity contribution in [1.29, 1.82) is 0 Å². The van der Waals surface area contributed by atoms with Crippen molar-refractivity contribution >= 4 is 38.4 Å². The maximum Gasteiger partial charge on any atom is 0.242 e. The van der Waals surface area contributed by atoms with Crippen LogP contribution in [0.1, 0.15) is 11.4 Å². The van der Waals surface area contributed by atoms with Crippen molar-refractivity contribution in [1.82, 2.24) is 14.5 Å². The molecule has 3 aromatic rings. The van der Waals surface area contributed by atoms with E-state index < -0.39 is 9.84 Å². The monoisotopic (exact) mass is 405 g/mol. The summed E-state index contributed by atoms with van der Waals surface area (Å²) in [7, 11) is -1.57. The molecular formula is C19H20ClN3O3S. The third-order valence-corrected chi connectivity index (χ3v) is 5.17. The molecular weight excluding hydrogens is 386 g/mol. The second-order valence-electron chi connectivity index (χ2n) is 6.55. The van der Waals surface area contributed by atoms with E-state index in [2.05, 4.69) is 4.98 Å². The zero-order valence-electron chi connectivity index (χ0n) is 15.1. The van der Waals surface area contributed by atoms with E-state index in [9.17, 15) is 13.2 Å². The first-order chi connectivity index (χ1) is 12.7. The Morgan fingerprint density at radius 2 is 1.93 bits per heavy atom. The average molecular weight is 406 g/mol. The lowest BCUT2D eigenvalue weighted by atomic mass is 10.2. The number of hydrogen-bond donors (Lipinski definition) is 0. The van der Waals surface area contributed by atoms with Crippen LogP contribution in [0.2, 0.25) is 5.02 Å². The van der Waals surface area contributed by atoms with Crippen molar-refractivity contribution in [2.75, 3.05) is 13.3 Å². The highest BCUT2D eigenvalue weighted by molar-refractivity contribution is 7.89. The van der Waals surface area contributed by atoms with Crippen molar-refractivity contribution in [2.24, 2.45) is 0 Å². The Kier molecular flexibility index (Phi) is 5.53. The largest absolute Gasteiger partial charge is 0.340 e. The molecule has 142 valence electrons. The van der Waals surface area contributed by atoms with Crippen molar-refractivity contribution < 1.29 is 13.2 Å². The minimum atomic E-state index is -3.28. The molecule has 27 heavy (non-hydrogen) atoms. The van der Waals surface area contributed by atoms with E-state index in [1.165, 1.54) is 0 Å². The number of benzene rings is 2. The molecule has 1 aromatic heterocycles. The highest BCUT2D eigenvalue weighted by Gasteiger charge is 2.19. The lowest BCUT2D eigenvalue weighted by Crippen LogP contribution is -2.30. The molecule has 0 N–H and O–H groups in total. The maximum atomic E-state index is 12.8. The number of likely N-dealkylation sites (N-methyl/N-ethyl adjacent to an activating group) is 1. The number of aromatic nitrogens is 2. The van der Waals surface area contributed by atoms with Crippen LogP contribution in [-0.2, 0) is 33.5 Å². The molecule has 2 aromatic carbocycles. The van der Waals surface area contributed by atoms with Gasteiger partial charge in [0.2, 0.25) is 5.91 Å². The molecule has 1 heterocycles. The Labute approximate surface area is 163 Å². The van der Waals surface area contributed by atoms with Gasteiger partial charge in [0.05, 0.1) is 11.0 Å². The number of fused-ring (bicyclic) bond motifs is 1. The van der Waals surface area contributed by atoms with Crippen LogP contribution in [0, 0.1) is 0 Å². The fourth-order valence-electron chi connectivity index (χ4n) is 2.90. The number of hydrogen-bond acceptors (Lipinski definition) is 4. The second kappa shape index (κ2) is 7.70. The van der Waals surface area contributed by atoms with Crippen molar-refractivity contribution in [2.45, 2.75) is 18.8 Å². The SMILES string of the molecule is CN(Cc1cccc(Cl)c1)C(=O)Cn1c(CS(C)(=O)=O)nc2ccccc21. The fourth-order valence-corrected chi connectivity index (χ4v) is 3.80. The Morgan fingerprint density at radius 3 is 2.63 bits per heavy atom. The highest BCUT2D eigenvalue weighted by atomic mass is 35.5. The molecule has 6 nitrogen and oxygen atoms in total. The number of halogens is 1. The second-order valence-corrected chi connectivity index (χ2v) is 9.13. The molecule has 1 amide bonds. The van der Waals surface area contributed by atoms with E-state index in [4.69, 9.17) is 11.6 Å². The summed E-state index contributed by atoms with van der Waals surface area (Å²) in [6.45, 7) is 0.426. The summed E-state index contributed by atoms with van der Waals surface area (Å²) in [4.78, 5) is 18.7. The number of imidazole rings is 1. The van der Waals surface area contributed by atoms with Gasteiger partial charge in [0.15, 0.2) is 9.84 Å². The first-order valence-electron chi connectivity index (χ1n) is 8.33. The van der Waals surface area contributed by atoms with Gasteiger partial charge < -0.3 is 9.47 Å². The average Bonchev–Trinajstić information content (AvgIpc) is 2.90. The van der Waals surface area contributed by atoms with E-state index >= 15 is 0 Å². The van der Waals surface area contributed by atoms with Crippen LogP contribution in [0.15, 0.2) is 48.5 Å². The predicted molar refractivity (Wildman–Crippen MR) is 106 cm³/mol. The van der Waals surface area contributed by atoms with Gasteiger partial charge in [-0.15, -0.1) is 0 Å². The molecule has 0 aliphatic rings. The van der Waals surface area contributed by atoms with Crippen LogP contribution in [0.4, 0.5) is 0 Å². The summed E-state index contributed by atoms with van der Waals surface area (Å²) >= 11 is 6.00. The first kappa shape index (κ1) is 19.4. The summed E-state index contributed by atoms with van der Waals surface area (Å²) in [6.07, 6.45) is 1.16. The summed E-state index contributed by atoms with van der Waals surface area (Å²) < 4.78 is 25.2. The van der Waals surface area contributed by atoms with Gasteiger partial charge in [0, 0.05) is 24.9 Å². The van der Waals surface area contributed by atoms with Gasteiger partial charge in [-0.2, -0.15) is 0 Å². The standard InChI is InChI=1S/C19H20ClN3O3S/c1-22(11-14-6-5-7-15(20)10-14)19(24)12-23-17-9-4-3-8-16(17)21-18(23)13-27(2,25)26/h3-10H,11-13H2,1-2H3. The third kappa shape index (κ3) is 4.87. The topological polar surface area (TPSA) is 72.3 Å². The number of nitrogens with zero attached hydrogens (tertiary/aromatic N) is 3. The molecule has 0 atom stereocenters. The number of rotatable bonds is 6. The Bertz CT molecular complexity index is 1090. The molecule has 0 aliphatic carbocycles. The van der Waals surface area contributed by atoms with Crippen LogP contribution in [-0.4, -0.2) is 42.1 Å². The van der Waals surface area contributed by atoms with Crippen molar-refractivity contribution in [3.8, 4) is 0 Å². The van der Waals surface area contributed by atoms with Gasteiger partial charge in [0.25, 0.3) is 0 Å². The zero-order valence-corrected chi connectivity index (χ0v) is 16.7. The molecule has 0 spiro atoms. The minimum absolute atomic E-state index is 0.0163. The molecule has 0 fully saturated rings. The first-order valence-corrected chi connectivity index (χ1v) is 10.8. The molecule has 0 saturated carbocycles. The van der Waals surface area contributed by atoms with Gasteiger partial charge in [0.1, 0.15) is 18.1 Å². The van der Waals surface area contributed by atoms with Crippen molar-refractivity contribution in [3.63, 3.8) is 0 Å². The molecule has 8 heteroatoms. The number of carbonyl (C=O) groups excluding carboxylic acids is 1. The molecule has 0 radical (unpaired) electrons. The van der Waals surface area contributed by atoms with Gasteiger partial charge in [-0.05, 0) is 29.8 Å². The van der Waals surface area contributed by atoms with Crippen LogP contribution in [0.5, 0.6) is 0 Å². The van der Waals surface area contributed by atoms with E-state index in [1.54, 1.807) is 28.6 Å². The van der Waals surface area contributed by atoms with Gasteiger partial charge in [-0.3, -0.25) is 4.79 Å². The number of para-hydroxylation sites is 2. The van der Waals surface area contributed by atoms with Crippen molar-refractivity contribution in [3.05, 3.63) is 64.9 Å². The summed E-state index contributed by atoms with van der Waals surface area (Å²) in [6, 6.07) is 14.6. The number of amides is 1. The lowest BCUT2D eigenvalue weighted by Gasteiger charge is -2.19. The van der Waals surface area contributed by atoms with Gasteiger partial charge >= 0.3 is 0 Å². The zero-order chi connectivity index (χ0) is 19.6. The van der Waals surface area contributed by atoms with Gasteiger partial charge in [-0.1, -0.05) is 35.9 Å². The minimum Gasteiger partial charge on any atom is -0.340 e. The van der Waals surface area contributed by atoms with Crippen LogP contribution in [0.3, 0.4) is 0 Å². The smallest absolute Gasteiger partial charge is 0.242 e. The quantitative estimate of drug-likeness (QED) is 0.632. The van der Waals surface area contributed by atoms with E-state index in [1.807, 2.05) is 36.4 Å². The molecule has 3 rings (SSSR count). The molecule has 0 unspecified atom stereocenters. The molecule has 0 bridgehead atoms. The maximum absolute atomic E-state index is 12.8. The summed E-state index contributed by atoms with van der Waals surface area (Å²) in [5.74, 6) is 0.00329. The number of sulfone groups is 1. The Morgan fingerprint density at radius 1 is 1.19 bits per heavy atom. The number of carbonyl (C=O) groups is 1. The van der Waals surface area contributed by atoms with Crippen LogP contribution >= 0.6 is 11.6 Å². The highest BCUT2D eigenvalue weighted by Crippen LogP contribution is 2.18. The molecule has 0 saturated heterocycles. The van der Waals surface area contributed by atoms with E-state index in [0.29, 0.717) is 22.9 Å². The van der Waals surface area contributed by atoms with E-state index in [-0.39, 0.29) is 18.2 Å². The normalized spacial score (nSPS) is 11.7. The fraction of sp³-hybridized carbons (Fsp3) is 0.263. The Balaban J connectivity index is 1.86.